The molecular weight excluding hydrogens is 346 g/mol. The molecule has 0 aliphatic carbocycles. The fourth-order valence-corrected chi connectivity index (χ4v) is 4.04. The molecule has 2 heterocycles. The Morgan fingerprint density at radius 1 is 1.18 bits per heavy atom. The van der Waals surface area contributed by atoms with Gasteiger partial charge in [0.25, 0.3) is 0 Å². The first-order valence-corrected chi connectivity index (χ1v) is 9.99. The van der Waals surface area contributed by atoms with Crippen LogP contribution in [0.2, 0.25) is 0 Å². The van der Waals surface area contributed by atoms with E-state index < -0.39 is 0 Å². The van der Waals surface area contributed by atoms with Crippen LogP contribution < -0.4 is 0 Å². The number of benzene rings is 2. The summed E-state index contributed by atoms with van der Waals surface area (Å²) in [6.07, 6.45) is 2.31. The van der Waals surface area contributed by atoms with Gasteiger partial charge in [0.05, 0.1) is 11.0 Å². The quantitative estimate of drug-likeness (QED) is 0.587. The Kier molecular flexibility index (Phi) is 5.03. The van der Waals surface area contributed by atoms with Crippen molar-refractivity contribution in [3.63, 3.8) is 0 Å². The maximum Gasteiger partial charge on any atom is 0.223 e. The molecule has 1 aromatic heterocycles. The lowest BCUT2D eigenvalue weighted by Gasteiger charge is -2.16. The van der Waals surface area contributed by atoms with Gasteiger partial charge < -0.3 is 9.47 Å². The first-order chi connectivity index (χ1) is 13.6. The minimum Gasteiger partial charge on any atom is -0.338 e. The van der Waals surface area contributed by atoms with Crippen molar-refractivity contribution >= 4 is 16.9 Å². The van der Waals surface area contributed by atoms with Gasteiger partial charge in [0.1, 0.15) is 5.82 Å². The number of hydrogen-bond acceptors (Lipinski definition) is 2. The van der Waals surface area contributed by atoms with Gasteiger partial charge in [-0.15, -0.1) is 6.58 Å². The Morgan fingerprint density at radius 3 is 2.64 bits per heavy atom. The molecule has 1 saturated heterocycles. The Bertz CT molecular complexity index is 1000. The number of amides is 1. The predicted octanol–water partition coefficient (Wildman–Crippen LogP) is 4.71. The van der Waals surface area contributed by atoms with Gasteiger partial charge in [0.15, 0.2) is 0 Å². The van der Waals surface area contributed by atoms with Gasteiger partial charge in [-0.1, -0.05) is 56.3 Å². The van der Waals surface area contributed by atoms with Gasteiger partial charge >= 0.3 is 0 Å². The first-order valence-electron chi connectivity index (χ1n) is 9.99. The number of fused-ring (bicyclic) bond motifs is 1. The standard InChI is InChI=1S/C24H27N3O/c1-4-13-26-16-20(14-23(26)28)24-25-21-7-5-6-8-22(21)27(24)15-18-9-11-19(12-10-18)17(2)3/h4-12,17,20H,1,13-16H2,2-3H3/t20-/m0/s1. The van der Waals surface area contributed by atoms with Crippen LogP contribution in [0, 0.1) is 0 Å². The van der Waals surface area contributed by atoms with Crippen molar-refractivity contribution < 1.29 is 4.79 Å². The number of para-hydroxylation sites is 2. The third-order valence-corrected chi connectivity index (χ3v) is 5.60. The Morgan fingerprint density at radius 2 is 1.93 bits per heavy atom. The van der Waals surface area contributed by atoms with E-state index >= 15 is 0 Å². The molecule has 28 heavy (non-hydrogen) atoms. The molecule has 2 aromatic carbocycles. The lowest BCUT2D eigenvalue weighted by atomic mass is 10.0. The van der Waals surface area contributed by atoms with E-state index in [0.717, 1.165) is 23.4 Å². The van der Waals surface area contributed by atoms with Crippen molar-refractivity contribution in [2.75, 3.05) is 13.1 Å². The fourth-order valence-electron chi connectivity index (χ4n) is 4.04. The molecule has 1 amide bonds. The van der Waals surface area contributed by atoms with Crippen molar-refractivity contribution in [1.29, 1.82) is 0 Å². The molecule has 3 aromatic rings. The molecule has 1 aliphatic heterocycles. The van der Waals surface area contributed by atoms with Crippen LogP contribution in [0.1, 0.15) is 49.1 Å². The molecule has 0 saturated carbocycles. The second-order valence-corrected chi connectivity index (χ2v) is 7.93. The molecule has 1 atom stereocenters. The molecule has 0 radical (unpaired) electrons. The Labute approximate surface area is 166 Å². The van der Waals surface area contributed by atoms with E-state index in [1.54, 1.807) is 6.08 Å². The topological polar surface area (TPSA) is 38.1 Å². The van der Waals surface area contributed by atoms with Gasteiger partial charge in [-0.25, -0.2) is 4.98 Å². The monoisotopic (exact) mass is 373 g/mol. The van der Waals surface area contributed by atoms with Crippen LogP contribution in [-0.2, 0) is 11.3 Å². The molecular formula is C24H27N3O. The highest BCUT2D eigenvalue weighted by Gasteiger charge is 2.33. The minimum atomic E-state index is 0.120. The van der Waals surface area contributed by atoms with Crippen LogP contribution in [0.3, 0.4) is 0 Å². The lowest BCUT2D eigenvalue weighted by Crippen LogP contribution is -2.25. The molecule has 1 aliphatic rings. The maximum absolute atomic E-state index is 12.4. The number of likely N-dealkylation sites (tertiary alicyclic amines) is 1. The number of imidazole rings is 1. The van der Waals surface area contributed by atoms with E-state index in [-0.39, 0.29) is 11.8 Å². The largest absolute Gasteiger partial charge is 0.338 e. The first kappa shape index (κ1) is 18.5. The summed E-state index contributed by atoms with van der Waals surface area (Å²) < 4.78 is 2.29. The molecule has 1 fully saturated rings. The normalized spacial score (nSPS) is 17.0. The Hall–Kier alpha value is -2.88. The van der Waals surface area contributed by atoms with Gasteiger partial charge in [0.2, 0.25) is 5.91 Å². The molecule has 4 rings (SSSR count). The third-order valence-electron chi connectivity index (χ3n) is 5.60. The van der Waals surface area contributed by atoms with E-state index in [4.69, 9.17) is 4.98 Å². The molecule has 0 unspecified atom stereocenters. The van der Waals surface area contributed by atoms with E-state index in [9.17, 15) is 4.79 Å². The second kappa shape index (κ2) is 7.63. The fraction of sp³-hybridized carbons (Fsp3) is 0.333. The van der Waals surface area contributed by atoms with Crippen molar-refractivity contribution in [2.24, 2.45) is 0 Å². The maximum atomic E-state index is 12.4. The SMILES string of the molecule is C=CCN1C[C@@H](c2nc3ccccc3n2Cc2ccc(C(C)C)cc2)CC1=O. The molecule has 144 valence electrons. The number of rotatable bonds is 6. The molecule has 0 bridgehead atoms. The van der Waals surface area contributed by atoms with E-state index in [2.05, 4.69) is 67.5 Å². The van der Waals surface area contributed by atoms with E-state index in [0.29, 0.717) is 25.4 Å². The van der Waals surface area contributed by atoms with Gasteiger partial charge in [-0.05, 0) is 29.2 Å². The Balaban J connectivity index is 1.70. The van der Waals surface area contributed by atoms with Gasteiger partial charge in [-0.2, -0.15) is 0 Å². The molecule has 0 N–H and O–H groups in total. The summed E-state index contributed by atoms with van der Waals surface area (Å²) in [4.78, 5) is 19.2. The highest BCUT2D eigenvalue weighted by Crippen LogP contribution is 2.31. The zero-order valence-corrected chi connectivity index (χ0v) is 16.6. The van der Waals surface area contributed by atoms with Crippen LogP contribution in [-0.4, -0.2) is 33.4 Å². The predicted molar refractivity (Wildman–Crippen MR) is 114 cm³/mol. The average molecular weight is 374 g/mol. The zero-order chi connectivity index (χ0) is 19.7. The van der Waals surface area contributed by atoms with E-state index in [1.165, 1.54) is 11.1 Å². The van der Waals surface area contributed by atoms with Crippen molar-refractivity contribution in [3.8, 4) is 0 Å². The van der Waals surface area contributed by atoms with Crippen LogP contribution in [0.5, 0.6) is 0 Å². The molecule has 4 heteroatoms. The highest BCUT2D eigenvalue weighted by molar-refractivity contribution is 5.81. The third kappa shape index (κ3) is 3.47. The lowest BCUT2D eigenvalue weighted by molar-refractivity contribution is -0.127. The highest BCUT2D eigenvalue weighted by atomic mass is 16.2. The summed E-state index contributed by atoms with van der Waals surface area (Å²) in [5, 5.41) is 0. The van der Waals surface area contributed by atoms with Crippen LogP contribution in [0.25, 0.3) is 11.0 Å². The summed E-state index contributed by atoms with van der Waals surface area (Å²) in [6.45, 7) is 10.3. The smallest absolute Gasteiger partial charge is 0.223 e. The summed E-state index contributed by atoms with van der Waals surface area (Å²) in [7, 11) is 0. The number of hydrogen-bond donors (Lipinski definition) is 0. The van der Waals surface area contributed by atoms with Crippen LogP contribution >= 0.6 is 0 Å². The summed E-state index contributed by atoms with van der Waals surface area (Å²) in [5.41, 5.74) is 4.72. The summed E-state index contributed by atoms with van der Waals surface area (Å²) in [6, 6.07) is 17.1. The van der Waals surface area contributed by atoms with Gasteiger partial charge in [0, 0.05) is 32.0 Å². The minimum absolute atomic E-state index is 0.120. The number of carbonyl (C=O) groups excluding carboxylic acids is 1. The van der Waals surface area contributed by atoms with Crippen molar-refractivity contribution in [2.45, 2.75) is 38.6 Å². The number of nitrogens with zero attached hydrogens (tertiary/aromatic N) is 3. The number of aromatic nitrogens is 2. The van der Waals surface area contributed by atoms with Crippen molar-refractivity contribution in [3.05, 3.63) is 78.1 Å². The zero-order valence-electron chi connectivity index (χ0n) is 16.6. The van der Waals surface area contributed by atoms with Gasteiger partial charge in [-0.3, -0.25) is 4.79 Å². The van der Waals surface area contributed by atoms with E-state index in [1.807, 2.05) is 11.0 Å². The molecule has 0 spiro atoms. The summed E-state index contributed by atoms with van der Waals surface area (Å²) in [5.74, 6) is 1.84. The average Bonchev–Trinajstić information content (AvgIpc) is 3.23. The van der Waals surface area contributed by atoms with Crippen LogP contribution in [0.4, 0.5) is 0 Å². The second-order valence-electron chi connectivity index (χ2n) is 7.93. The van der Waals surface area contributed by atoms with Crippen LogP contribution in [0.15, 0.2) is 61.2 Å². The molecule has 4 nitrogen and oxygen atoms in total. The summed E-state index contributed by atoms with van der Waals surface area (Å²) >= 11 is 0. The van der Waals surface area contributed by atoms with Crippen molar-refractivity contribution in [1.82, 2.24) is 14.5 Å². The number of carbonyl (C=O) groups is 1.